The predicted octanol–water partition coefficient (Wildman–Crippen LogP) is 0.808. The molecule has 1 aromatic heterocycles. The average Bonchev–Trinajstić information content (AvgIpc) is 3.00. The van der Waals surface area contributed by atoms with E-state index in [4.69, 9.17) is 5.73 Å². The number of nitrogen functional groups attached to an aromatic ring is 1. The van der Waals surface area contributed by atoms with E-state index in [-0.39, 0.29) is 12.3 Å². The summed E-state index contributed by atoms with van der Waals surface area (Å²) in [5.41, 5.74) is 8.33. The van der Waals surface area contributed by atoms with Crippen LogP contribution in [0.4, 0.5) is 5.69 Å². The number of aromatic nitrogens is 4. The number of anilines is 1. The quantitative estimate of drug-likeness (QED) is 0.841. The first-order valence-corrected chi connectivity index (χ1v) is 8.53. The molecule has 1 unspecified atom stereocenters. The van der Waals surface area contributed by atoms with E-state index in [0.717, 1.165) is 11.1 Å². The lowest BCUT2D eigenvalue weighted by Gasteiger charge is -2.11. The fourth-order valence-corrected chi connectivity index (χ4v) is 4.44. The van der Waals surface area contributed by atoms with Gasteiger partial charge in [0.25, 0.3) is 0 Å². The highest BCUT2D eigenvalue weighted by Gasteiger charge is 2.32. The molecule has 1 fully saturated rings. The van der Waals surface area contributed by atoms with Gasteiger partial charge in [0.05, 0.1) is 17.5 Å². The van der Waals surface area contributed by atoms with Crippen molar-refractivity contribution >= 4 is 15.5 Å². The molecule has 8 heteroatoms. The molecule has 1 aromatic carbocycles. The van der Waals surface area contributed by atoms with Crippen LogP contribution in [0.25, 0.3) is 11.4 Å². The molecule has 1 aliphatic rings. The molecular formula is C13H17N5O2S. The van der Waals surface area contributed by atoms with Gasteiger partial charge < -0.3 is 5.73 Å². The lowest BCUT2D eigenvalue weighted by molar-refractivity contribution is 0.534. The van der Waals surface area contributed by atoms with Crippen LogP contribution in [0.3, 0.4) is 0 Å². The zero-order valence-electron chi connectivity index (χ0n) is 11.7. The predicted molar refractivity (Wildman–Crippen MR) is 79.2 cm³/mol. The fraction of sp³-hybridized carbons (Fsp3) is 0.462. The van der Waals surface area contributed by atoms with Crippen LogP contribution in [0.2, 0.25) is 0 Å². The van der Waals surface area contributed by atoms with Gasteiger partial charge in [-0.05, 0) is 42.3 Å². The third-order valence-electron chi connectivity index (χ3n) is 3.82. The largest absolute Gasteiger partial charge is 0.398 e. The molecule has 2 heterocycles. The van der Waals surface area contributed by atoms with Gasteiger partial charge in [-0.1, -0.05) is 11.6 Å². The number of nitrogens with zero attached hydrogens (tertiary/aromatic N) is 4. The minimum atomic E-state index is -3.03. The summed E-state index contributed by atoms with van der Waals surface area (Å²) in [4.78, 5) is 0. The number of sulfone groups is 1. The standard InChI is InChI=1S/C13H17N5O2S/c1-9-4-5-12(14)11(7-9)13-15-16-17-18(13)8-10-3-2-6-21(10,19)20/h4-5,7,10H,2-3,6,8,14H2,1H3. The third-order valence-corrected chi connectivity index (χ3v) is 6.08. The topological polar surface area (TPSA) is 104 Å². The summed E-state index contributed by atoms with van der Waals surface area (Å²) in [6.45, 7) is 2.23. The van der Waals surface area contributed by atoms with Crippen molar-refractivity contribution in [1.82, 2.24) is 20.2 Å². The van der Waals surface area contributed by atoms with E-state index in [9.17, 15) is 8.42 Å². The summed E-state index contributed by atoms with van der Waals surface area (Å²) in [6, 6.07) is 5.62. The number of tetrazole rings is 1. The van der Waals surface area contributed by atoms with E-state index < -0.39 is 15.1 Å². The van der Waals surface area contributed by atoms with Gasteiger partial charge in [-0.2, -0.15) is 0 Å². The second-order valence-electron chi connectivity index (χ2n) is 5.41. The van der Waals surface area contributed by atoms with E-state index in [2.05, 4.69) is 15.5 Å². The van der Waals surface area contributed by atoms with E-state index in [1.165, 1.54) is 0 Å². The Morgan fingerprint density at radius 2 is 2.24 bits per heavy atom. The summed E-state index contributed by atoms with van der Waals surface area (Å²) in [5, 5.41) is 11.2. The van der Waals surface area contributed by atoms with Crippen LogP contribution in [0, 0.1) is 6.92 Å². The first-order valence-electron chi connectivity index (χ1n) is 6.81. The van der Waals surface area contributed by atoms with Crippen molar-refractivity contribution in [2.75, 3.05) is 11.5 Å². The van der Waals surface area contributed by atoms with Crippen molar-refractivity contribution in [3.05, 3.63) is 23.8 Å². The van der Waals surface area contributed by atoms with Gasteiger partial charge in [0.1, 0.15) is 0 Å². The molecule has 0 spiro atoms. The Morgan fingerprint density at radius 3 is 2.95 bits per heavy atom. The molecule has 0 amide bonds. The molecule has 2 N–H and O–H groups in total. The normalized spacial score (nSPS) is 20.7. The molecule has 0 radical (unpaired) electrons. The lowest BCUT2D eigenvalue weighted by atomic mass is 10.1. The van der Waals surface area contributed by atoms with E-state index in [0.29, 0.717) is 24.4 Å². The van der Waals surface area contributed by atoms with Gasteiger partial charge in [0.2, 0.25) is 0 Å². The monoisotopic (exact) mass is 307 g/mol. The van der Waals surface area contributed by atoms with E-state index in [1.807, 2.05) is 19.1 Å². The number of hydrogen-bond acceptors (Lipinski definition) is 6. The van der Waals surface area contributed by atoms with Gasteiger partial charge in [-0.3, -0.25) is 0 Å². The van der Waals surface area contributed by atoms with Crippen LogP contribution < -0.4 is 5.73 Å². The van der Waals surface area contributed by atoms with Gasteiger partial charge in [-0.25, -0.2) is 13.1 Å². The summed E-state index contributed by atoms with van der Waals surface area (Å²) in [7, 11) is -3.03. The lowest BCUT2D eigenvalue weighted by Crippen LogP contribution is -2.23. The van der Waals surface area contributed by atoms with Crippen LogP contribution >= 0.6 is 0 Å². The van der Waals surface area contributed by atoms with Crippen LogP contribution in [-0.2, 0) is 16.4 Å². The van der Waals surface area contributed by atoms with Crippen molar-refractivity contribution < 1.29 is 8.42 Å². The second-order valence-corrected chi connectivity index (χ2v) is 7.81. The molecule has 3 rings (SSSR count). The average molecular weight is 307 g/mol. The van der Waals surface area contributed by atoms with Gasteiger partial charge in [0.15, 0.2) is 15.7 Å². The Labute approximate surface area is 123 Å². The number of rotatable bonds is 3. The van der Waals surface area contributed by atoms with Crippen LogP contribution in [0.15, 0.2) is 18.2 Å². The molecule has 0 bridgehead atoms. The molecule has 1 atom stereocenters. The molecule has 2 aromatic rings. The number of nitrogens with two attached hydrogens (primary N) is 1. The Morgan fingerprint density at radius 1 is 1.43 bits per heavy atom. The minimum Gasteiger partial charge on any atom is -0.398 e. The first kappa shape index (κ1) is 14.0. The summed E-state index contributed by atoms with van der Waals surface area (Å²) < 4.78 is 25.4. The minimum absolute atomic E-state index is 0.252. The summed E-state index contributed by atoms with van der Waals surface area (Å²) in [6.07, 6.45) is 1.36. The number of benzene rings is 1. The molecule has 7 nitrogen and oxygen atoms in total. The molecule has 1 aliphatic heterocycles. The van der Waals surface area contributed by atoms with E-state index >= 15 is 0 Å². The van der Waals surface area contributed by atoms with Gasteiger partial charge >= 0.3 is 0 Å². The maximum Gasteiger partial charge on any atom is 0.184 e. The van der Waals surface area contributed by atoms with Crippen molar-refractivity contribution in [2.24, 2.45) is 0 Å². The zero-order chi connectivity index (χ0) is 15.0. The van der Waals surface area contributed by atoms with Gasteiger partial charge in [-0.15, -0.1) is 5.10 Å². The Kier molecular flexibility index (Phi) is 3.40. The maximum atomic E-state index is 12.0. The first-order chi connectivity index (χ1) is 9.97. The Balaban J connectivity index is 1.96. The SMILES string of the molecule is Cc1ccc(N)c(-c2nnnn2CC2CCCS2(=O)=O)c1. The highest BCUT2D eigenvalue weighted by atomic mass is 32.2. The van der Waals surface area contributed by atoms with Gasteiger partial charge in [0, 0.05) is 11.3 Å². The van der Waals surface area contributed by atoms with Crippen molar-refractivity contribution in [3.8, 4) is 11.4 Å². The summed E-state index contributed by atoms with van der Waals surface area (Å²) in [5.74, 6) is 0.764. The van der Waals surface area contributed by atoms with E-state index in [1.54, 1.807) is 10.7 Å². The Hall–Kier alpha value is -1.96. The van der Waals surface area contributed by atoms with Crippen molar-refractivity contribution in [1.29, 1.82) is 0 Å². The number of hydrogen-bond donors (Lipinski definition) is 1. The van der Waals surface area contributed by atoms with Crippen LogP contribution in [0.5, 0.6) is 0 Å². The third kappa shape index (κ3) is 2.63. The van der Waals surface area contributed by atoms with Crippen molar-refractivity contribution in [2.45, 2.75) is 31.6 Å². The second kappa shape index (κ2) is 5.10. The highest BCUT2D eigenvalue weighted by molar-refractivity contribution is 7.92. The molecule has 0 saturated carbocycles. The highest BCUT2D eigenvalue weighted by Crippen LogP contribution is 2.27. The van der Waals surface area contributed by atoms with Crippen molar-refractivity contribution in [3.63, 3.8) is 0 Å². The molecule has 0 aliphatic carbocycles. The molecule has 112 valence electrons. The van der Waals surface area contributed by atoms with Crippen LogP contribution in [-0.4, -0.2) is 39.6 Å². The fourth-order valence-electron chi connectivity index (χ4n) is 2.64. The molecule has 1 saturated heterocycles. The smallest absolute Gasteiger partial charge is 0.184 e. The number of aryl methyl sites for hydroxylation is 1. The molecule has 21 heavy (non-hydrogen) atoms. The maximum absolute atomic E-state index is 12.0. The molecular weight excluding hydrogens is 290 g/mol. The Bertz CT molecular complexity index is 769. The summed E-state index contributed by atoms with van der Waals surface area (Å²) >= 11 is 0. The zero-order valence-corrected chi connectivity index (χ0v) is 12.5. The van der Waals surface area contributed by atoms with Crippen LogP contribution in [0.1, 0.15) is 18.4 Å².